The Bertz CT molecular complexity index is 1510. The predicted molar refractivity (Wildman–Crippen MR) is 145 cm³/mol. The molecule has 4 rings (SSSR count). The number of hydrogen-bond donors (Lipinski definition) is 2. The van der Waals surface area contributed by atoms with E-state index < -0.39 is 35.1 Å². The Labute approximate surface area is 229 Å². The van der Waals surface area contributed by atoms with Crippen LogP contribution < -0.4 is 14.8 Å². The van der Waals surface area contributed by atoms with Crippen molar-refractivity contribution in [1.82, 2.24) is 10.3 Å². The van der Waals surface area contributed by atoms with Gasteiger partial charge in [-0.05, 0) is 53.9 Å². The number of carboxylic acids is 1. The van der Waals surface area contributed by atoms with Crippen LogP contribution in [0.4, 0.5) is 8.78 Å². The highest BCUT2D eigenvalue weighted by Crippen LogP contribution is 2.43. The van der Waals surface area contributed by atoms with Gasteiger partial charge in [0.2, 0.25) is 0 Å². The average Bonchev–Trinajstić information content (AvgIpc) is 2.95. The lowest BCUT2D eigenvalue weighted by molar-refractivity contribution is -0.139. The van der Waals surface area contributed by atoms with Gasteiger partial charge in [0.1, 0.15) is 34.7 Å². The Morgan fingerprint density at radius 3 is 2.27 bits per heavy atom. The number of aromatic nitrogens is 1. The quantitative estimate of drug-likeness (QED) is 0.266. The van der Waals surface area contributed by atoms with Crippen molar-refractivity contribution in [2.24, 2.45) is 0 Å². The van der Waals surface area contributed by atoms with Crippen molar-refractivity contribution >= 4 is 22.8 Å². The number of nitrogens with one attached hydrogen (secondary N) is 1. The third-order valence-electron chi connectivity index (χ3n) is 6.38. The summed E-state index contributed by atoms with van der Waals surface area (Å²) in [4.78, 5) is 29.2. The molecule has 1 heterocycles. The van der Waals surface area contributed by atoms with Crippen LogP contribution >= 0.6 is 0 Å². The molecule has 1 aromatic heterocycles. The summed E-state index contributed by atoms with van der Waals surface area (Å²) in [6, 6.07) is 12.3. The highest BCUT2D eigenvalue weighted by atomic mass is 19.1. The summed E-state index contributed by atoms with van der Waals surface area (Å²) in [5, 5.41) is 12.8. The number of pyridine rings is 1. The molecule has 3 aromatic carbocycles. The van der Waals surface area contributed by atoms with Crippen LogP contribution in [0, 0.1) is 11.6 Å². The minimum Gasteiger partial charge on any atom is -0.496 e. The van der Waals surface area contributed by atoms with Crippen molar-refractivity contribution in [2.75, 3.05) is 20.8 Å². The fraction of sp³-hybridized carbons (Fsp3) is 0.233. The van der Waals surface area contributed by atoms with E-state index in [9.17, 15) is 23.5 Å². The largest absolute Gasteiger partial charge is 0.496 e. The summed E-state index contributed by atoms with van der Waals surface area (Å²) >= 11 is 0. The molecule has 2 N–H and O–H groups in total. The number of hydrogen-bond acceptors (Lipinski definition) is 6. The molecule has 0 radical (unpaired) electrons. The number of aliphatic carboxylic acids is 1. The van der Waals surface area contributed by atoms with Crippen molar-refractivity contribution < 1.29 is 37.7 Å². The van der Waals surface area contributed by atoms with Crippen LogP contribution in [-0.2, 0) is 22.6 Å². The van der Waals surface area contributed by atoms with Gasteiger partial charge in [-0.15, -0.1) is 0 Å². The predicted octanol–water partition coefficient (Wildman–Crippen LogP) is 5.16. The zero-order valence-electron chi connectivity index (χ0n) is 22.2. The van der Waals surface area contributed by atoms with Crippen LogP contribution in [0.2, 0.25) is 0 Å². The molecule has 1 unspecified atom stereocenters. The van der Waals surface area contributed by atoms with Crippen LogP contribution in [0.1, 0.15) is 28.4 Å². The van der Waals surface area contributed by atoms with E-state index in [1.807, 2.05) is 25.1 Å². The molecule has 0 fully saturated rings. The smallest absolute Gasteiger partial charge is 0.326 e. The molecule has 0 aliphatic heterocycles. The number of fused-ring (bicyclic) bond motifs is 1. The number of ether oxygens (including phenoxy) is 3. The number of rotatable bonds is 11. The number of methoxy groups -OCH3 is 2. The van der Waals surface area contributed by atoms with E-state index >= 15 is 0 Å². The summed E-state index contributed by atoms with van der Waals surface area (Å²) in [5.74, 6) is -3.62. The Kier molecular flexibility index (Phi) is 8.90. The number of benzene rings is 3. The second kappa shape index (κ2) is 12.5. The highest BCUT2D eigenvalue weighted by molar-refractivity contribution is 6.00. The Morgan fingerprint density at radius 1 is 1.00 bits per heavy atom. The third kappa shape index (κ3) is 5.86. The zero-order chi connectivity index (χ0) is 28.8. The molecule has 4 aromatic rings. The first kappa shape index (κ1) is 28.4. The number of carbonyl (C=O) groups is 2. The Balaban J connectivity index is 1.75. The van der Waals surface area contributed by atoms with Gasteiger partial charge in [-0.25, -0.2) is 13.6 Å². The minimum atomic E-state index is -1.48. The fourth-order valence-corrected chi connectivity index (χ4v) is 4.51. The number of carboxylic acid groups (broad SMARTS) is 1. The number of halogens is 2. The lowest BCUT2D eigenvalue weighted by Crippen LogP contribution is -2.43. The molecule has 208 valence electrons. The van der Waals surface area contributed by atoms with E-state index in [1.165, 1.54) is 0 Å². The standard InChI is InChI=1S/C30H28F2N2O6/c1-4-40-16-17-13-24(38-2)26(25(14-17)39-3)19-11-10-18(28-20(19)7-6-12-33-28)15-23(30(36)37)34-29(35)27-21(31)8-5-9-22(27)32/h5-14,23H,4,15-16H2,1-3H3,(H,34,35)(H,36,37). The zero-order valence-corrected chi connectivity index (χ0v) is 22.2. The normalized spacial score (nSPS) is 11.7. The van der Waals surface area contributed by atoms with E-state index in [0.29, 0.717) is 46.7 Å². The maximum Gasteiger partial charge on any atom is 0.326 e. The minimum absolute atomic E-state index is 0.188. The summed E-state index contributed by atoms with van der Waals surface area (Å²) < 4.78 is 45.2. The van der Waals surface area contributed by atoms with Crippen LogP contribution in [0.5, 0.6) is 11.5 Å². The first-order chi connectivity index (χ1) is 19.3. The van der Waals surface area contributed by atoms with Crippen LogP contribution in [0.3, 0.4) is 0 Å². The average molecular weight is 551 g/mol. The summed E-state index contributed by atoms with van der Waals surface area (Å²) in [6.07, 6.45) is 1.38. The number of nitrogens with zero attached hydrogens (tertiary/aromatic N) is 1. The lowest BCUT2D eigenvalue weighted by Gasteiger charge is -2.19. The van der Waals surface area contributed by atoms with E-state index in [1.54, 1.807) is 38.6 Å². The van der Waals surface area contributed by atoms with Gasteiger partial charge < -0.3 is 24.6 Å². The van der Waals surface area contributed by atoms with E-state index in [-0.39, 0.29) is 6.42 Å². The van der Waals surface area contributed by atoms with E-state index in [4.69, 9.17) is 14.2 Å². The molecule has 8 nitrogen and oxygen atoms in total. The second-order valence-corrected chi connectivity index (χ2v) is 8.85. The molecule has 0 aliphatic rings. The fourth-order valence-electron chi connectivity index (χ4n) is 4.51. The Hall–Kier alpha value is -4.57. The van der Waals surface area contributed by atoms with Gasteiger partial charge in [0.15, 0.2) is 0 Å². The molecule has 0 saturated heterocycles. The number of amides is 1. The van der Waals surface area contributed by atoms with Gasteiger partial charge in [-0.2, -0.15) is 0 Å². The molecule has 10 heteroatoms. The van der Waals surface area contributed by atoms with Gasteiger partial charge in [0.05, 0.1) is 31.9 Å². The third-order valence-corrected chi connectivity index (χ3v) is 6.38. The van der Waals surface area contributed by atoms with Gasteiger partial charge >= 0.3 is 5.97 Å². The van der Waals surface area contributed by atoms with Crippen molar-refractivity contribution in [3.8, 4) is 22.6 Å². The first-order valence-corrected chi connectivity index (χ1v) is 12.5. The van der Waals surface area contributed by atoms with Crippen molar-refractivity contribution in [1.29, 1.82) is 0 Å². The highest BCUT2D eigenvalue weighted by Gasteiger charge is 2.26. The molecule has 0 spiro atoms. The maximum absolute atomic E-state index is 14.1. The van der Waals surface area contributed by atoms with Crippen molar-refractivity contribution in [3.05, 3.63) is 89.1 Å². The van der Waals surface area contributed by atoms with Crippen LogP contribution in [0.25, 0.3) is 22.0 Å². The van der Waals surface area contributed by atoms with Gasteiger partial charge in [-0.1, -0.05) is 24.3 Å². The molecular weight excluding hydrogens is 522 g/mol. The molecule has 40 heavy (non-hydrogen) atoms. The SMILES string of the molecule is CCOCc1cc(OC)c(-c2ccc(CC(NC(=O)c3c(F)cccc3F)C(=O)O)c3ncccc23)c(OC)c1. The first-order valence-electron chi connectivity index (χ1n) is 12.5. The van der Waals surface area contributed by atoms with E-state index in [2.05, 4.69) is 10.3 Å². The van der Waals surface area contributed by atoms with E-state index in [0.717, 1.165) is 29.3 Å². The molecule has 0 saturated carbocycles. The monoisotopic (exact) mass is 550 g/mol. The van der Waals surface area contributed by atoms with Crippen LogP contribution in [-0.4, -0.2) is 48.8 Å². The molecular formula is C30H28F2N2O6. The van der Waals surface area contributed by atoms with Crippen LogP contribution in [0.15, 0.2) is 60.8 Å². The summed E-state index contributed by atoms with van der Waals surface area (Å²) in [5.41, 5.74) is 2.41. The lowest BCUT2D eigenvalue weighted by atomic mass is 9.93. The molecule has 1 atom stereocenters. The number of carbonyl (C=O) groups excluding carboxylic acids is 1. The van der Waals surface area contributed by atoms with Gasteiger partial charge in [0, 0.05) is 24.6 Å². The van der Waals surface area contributed by atoms with Gasteiger partial charge in [-0.3, -0.25) is 9.78 Å². The maximum atomic E-state index is 14.1. The molecule has 0 bridgehead atoms. The van der Waals surface area contributed by atoms with Crippen molar-refractivity contribution in [2.45, 2.75) is 26.0 Å². The summed E-state index contributed by atoms with van der Waals surface area (Å²) in [7, 11) is 3.10. The van der Waals surface area contributed by atoms with Crippen molar-refractivity contribution in [3.63, 3.8) is 0 Å². The topological polar surface area (TPSA) is 107 Å². The molecule has 1 amide bonds. The molecule has 0 aliphatic carbocycles. The second-order valence-electron chi connectivity index (χ2n) is 8.85. The Morgan fingerprint density at radius 2 is 1.68 bits per heavy atom. The van der Waals surface area contributed by atoms with Gasteiger partial charge in [0.25, 0.3) is 5.91 Å². The summed E-state index contributed by atoms with van der Waals surface area (Å²) in [6.45, 7) is 2.84.